The molecule has 1 atom stereocenters. The first kappa shape index (κ1) is 19.6. The molecular formula is C23H29N. The van der Waals surface area contributed by atoms with Gasteiger partial charge in [0.25, 0.3) is 0 Å². The molecule has 0 aromatic carbocycles. The third-order valence-corrected chi connectivity index (χ3v) is 4.18. The maximum Gasteiger partial charge on any atom is 0.0300 e. The molecule has 1 aliphatic carbocycles. The van der Waals surface area contributed by atoms with Crippen LogP contribution >= 0.6 is 0 Å². The number of nitrogens with one attached hydrogen (secondary N) is 1. The van der Waals surface area contributed by atoms with Gasteiger partial charge in [0.1, 0.15) is 0 Å². The van der Waals surface area contributed by atoms with Crippen LogP contribution in [0.3, 0.4) is 0 Å². The molecule has 0 heterocycles. The maximum absolute atomic E-state index is 5.69. The zero-order chi connectivity index (χ0) is 18.1. The summed E-state index contributed by atoms with van der Waals surface area (Å²) < 4.78 is 0. The third-order valence-electron chi connectivity index (χ3n) is 4.18. The molecule has 126 valence electrons. The molecule has 0 aromatic rings. The first-order chi connectivity index (χ1) is 11.5. The molecular weight excluding hydrogens is 290 g/mol. The molecule has 1 rings (SSSR count). The molecule has 0 amide bonds. The lowest BCUT2D eigenvalue weighted by molar-refractivity contribution is 0.730. The maximum atomic E-state index is 5.69. The molecule has 0 saturated carbocycles. The van der Waals surface area contributed by atoms with Crippen molar-refractivity contribution in [2.45, 2.75) is 33.6 Å². The van der Waals surface area contributed by atoms with Crippen LogP contribution in [-0.4, -0.2) is 7.05 Å². The molecule has 1 aliphatic rings. The predicted molar refractivity (Wildman–Crippen MR) is 107 cm³/mol. The largest absolute Gasteiger partial charge is 0.388 e. The topological polar surface area (TPSA) is 12.0 Å². The molecule has 1 N–H and O–H groups in total. The van der Waals surface area contributed by atoms with Crippen LogP contribution in [0.5, 0.6) is 0 Å². The Bertz CT molecular complexity index is 684. The van der Waals surface area contributed by atoms with Gasteiger partial charge in [-0.15, -0.1) is 12.3 Å². The van der Waals surface area contributed by atoms with Crippen molar-refractivity contribution < 1.29 is 0 Å². The standard InChI is InChI=1S/C23H29N/c1-8-11-14-19(12-9-2)21(13-10-3)23-16-20(18(6)24-7)15-22(23)17(4)5/h3,8-9,11-12,14-15,21,24H,4,6,13,16H2,1-2,5,7H3/b11-8-,12-9+,19-14+. The SMILES string of the molecule is C#CCC(C1=C(C(=C)C)C=C(C(=C)NC)C1)C(/C=C/C)=C/C=C\C. The minimum atomic E-state index is 0.188. The lowest BCUT2D eigenvalue weighted by Crippen LogP contribution is -2.10. The second-order valence-electron chi connectivity index (χ2n) is 5.95. The van der Waals surface area contributed by atoms with Crippen LogP contribution in [0.25, 0.3) is 0 Å². The molecule has 1 heteroatoms. The molecule has 0 fully saturated rings. The predicted octanol–water partition coefficient (Wildman–Crippen LogP) is 5.64. The Morgan fingerprint density at radius 2 is 2.08 bits per heavy atom. The van der Waals surface area contributed by atoms with E-state index >= 15 is 0 Å². The van der Waals surface area contributed by atoms with Crippen molar-refractivity contribution in [2.24, 2.45) is 5.92 Å². The average molecular weight is 319 g/mol. The summed E-state index contributed by atoms with van der Waals surface area (Å²) in [6.45, 7) is 14.4. The third kappa shape index (κ3) is 4.77. The summed E-state index contributed by atoms with van der Waals surface area (Å²) in [5.74, 6) is 3.04. The van der Waals surface area contributed by atoms with Gasteiger partial charge in [-0.25, -0.2) is 0 Å². The molecule has 24 heavy (non-hydrogen) atoms. The Hall–Kier alpha value is -2.46. The van der Waals surface area contributed by atoms with Gasteiger partial charge in [-0.2, -0.15) is 0 Å². The van der Waals surface area contributed by atoms with E-state index in [0.29, 0.717) is 6.42 Å². The number of hydrogen-bond acceptors (Lipinski definition) is 1. The molecule has 1 unspecified atom stereocenters. The van der Waals surface area contributed by atoms with Crippen molar-refractivity contribution >= 4 is 0 Å². The van der Waals surface area contributed by atoms with Gasteiger partial charge in [0, 0.05) is 25.1 Å². The van der Waals surface area contributed by atoms with E-state index in [4.69, 9.17) is 6.42 Å². The van der Waals surface area contributed by atoms with E-state index in [1.807, 2.05) is 27.0 Å². The molecule has 0 radical (unpaired) electrons. The van der Waals surface area contributed by atoms with Crippen molar-refractivity contribution in [3.63, 3.8) is 0 Å². The normalized spacial score (nSPS) is 16.5. The Labute approximate surface area is 147 Å². The zero-order valence-corrected chi connectivity index (χ0v) is 15.4. The van der Waals surface area contributed by atoms with Crippen LogP contribution in [0.2, 0.25) is 0 Å². The highest BCUT2D eigenvalue weighted by Gasteiger charge is 2.26. The van der Waals surface area contributed by atoms with E-state index < -0.39 is 0 Å². The van der Waals surface area contributed by atoms with Gasteiger partial charge >= 0.3 is 0 Å². The highest BCUT2D eigenvalue weighted by atomic mass is 14.8. The summed E-state index contributed by atoms with van der Waals surface area (Å²) in [4.78, 5) is 0. The number of hydrogen-bond donors (Lipinski definition) is 1. The van der Waals surface area contributed by atoms with Gasteiger partial charge in [-0.1, -0.05) is 49.1 Å². The van der Waals surface area contributed by atoms with Crippen LogP contribution in [0.1, 0.15) is 33.6 Å². The first-order valence-corrected chi connectivity index (χ1v) is 8.35. The van der Waals surface area contributed by atoms with Gasteiger partial charge in [-0.3, -0.25) is 0 Å². The van der Waals surface area contributed by atoms with Crippen LogP contribution < -0.4 is 5.32 Å². The van der Waals surface area contributed by atoms with Crippen molar-refractivity contribution in [1.29, 1.82) is 0 Å². The molecule has 0 bridgehead atoms. The van der Waals surface area contributed by atoms with E-state index in [9.17, 15) is 0 Å². The number of rotatable bonds is 8. The van der Waals surface area contributed by atoms with Crippen molar-refractivity contribution in [3.8, 4) is 12.3 Å². The van der Waals surface area contributed by atoms with Crippen LogP contribution in [0.15, 0.2) is 83.2 Å². The van der Waals surface area contributed by atoms with Crippen molar-refractivity contribution in [3.05, 3.63) is 83.2 Å². The van der Waals surface area contributed by atoms with E-state index in [2.05, 4.69) is 61.7 Å². The first-order valence-electron chi connectivity index (χ1n) is 8.35. The summed E-state index contributed by atoms with van der Waals surface area (Å²) >= 11 is 0. The minimum absolute atomic E-state index is 0.188. The fourth-order valence-corrected chi connectivity index (χ4v) is 2.93. The zero-order valence-electron chi connectivity index (χ0n) is 15.4. The highest BCUT2D eigenvalue weighted by molar-refractivity contribution is 5.56. The molecule has 1 nitrogen and oxygen atoms in total. The second-order valence-corrected chi connectivity index (χ2v) is 5.95. The Kier molecular flexibility index (Phi) is 7.86. The van der Waals surface area contributed by atoms with Gasteiger partial charge < -0.3 is 5.32 Å². The monoisotopic (exact) mass is 319 g/mol. The molecule has 0 aliphatic heterocycles. The van der Waals surface area contributed by atoms with Crippen LogP contribution in [-0.2, 0) is 0 Å². The Balaban J connectivity index is 3.38. The summed E-state index contributed by atoms with van der Waals surface area (Å²) in [7, 11) is 1.90. The second kappa shape index (κ2) is 9.63. The van der Waals surface area contributed by atoms with E-state index in [0.717, 1.165) is 17.7 Å². The van der Waals surface area contributed by atoms with Crippen LogP contribution in [0.4, 0.5) is 0 Å². The molecule has 0 saturated heterocycles. The fraction of sp³-hybridized carbons (Fsp3) is 0.304. The minimum Gasteiger partial charge on any atom is -0.388 e. The van der Waals surface area contributed by atoms with Gasteiger partial charge in [0.05, 0.1) is 0 Å². The van der Waals surface area contributed by atoms with E-state index in [-0.39, 0.29) is 5.92 Å². The lowest BCUT2D eigenvalue weighted by Gasteiger charge is -2.21. The Morgan fingerprint density at radius 3 is 2.58 bits per heavy atom. The lowest BCUT2D eigenvalue weighted by atomic mass is 9.83. The molecule has 0 spiro atoms. The van der Waals surface area contributed by atoms with Gasteiger partial charge in [-0.05, 0) is 55.6 Å². The van der Waals surface area contributed by atoms with Gasteiger partial charge in [0.2, 0.25) is 0 Å². The highest BCUT2D eigenvalue weighted by Crippen LogP contribution is 2.40. The summed E-state index contributed by atoms with van der Waals surface area (Å²) in [6.07, 6.45) is 19.9. The number of terminal acetylenes is 1. The fourth-order valence-electron chi connectivity index (χ4n) is 2.93. The average Bonchev–Trinajstić information content (AvgIpc) is 3.01. The van der Waals surface area contributed by atoms with Gasteiger partial charge in [0.15, 0.2) is 0 Å². The molecule has 0 aromatic heterocycles. The number of likely N-dealkylation sites (N-methyl/N-ethyl adjacent to an activating group) is 1. The quantitative estimate of drug-likeness (QED) is 0.451. The van der Waals surface area contributed by atoms with Crippen molar-refractivity contribution in [1.82, 2.24) is 5.32 Å². The number of allylic oxidation sites excluding steroid dienone is 11. The van der Waals surface area contributed by atoms with Crippen molar-refractivity contribution in [2.75, 3.05) is 7.05 Å². The van der Waals surface area contributed by atoms with E-state index in [1.54, 1.807) is 0 Å². The van der Waals surface area contributed by atoms with Crippen LogP contribution in [0, 0.1) is 18.3 Å². The summed E-state index contributed by atoms with van der Waals surface area (Å²) in [5, 5.41) is 3.15. The Morgan fingerprint density at radius 1 is 1.38 bits per heavy atom. The van der Waals surface area contributed by atoms with E-state index in [1.165, 1.54) is 22.3 Å². The smallest absolute Gasteiger partial charge is 0.0300 e. The summed E-state index contributed by atoms with van der Waals surface area (Å²) in [6, 6.07) is 0. The summed E-state index contributed by atoms with van der Waals surface area (Å²) in [5.41, 5.74) is 6.99.